The molecule has 0 bridgehead atoms. The highest BCUT2D eigenvalue weighted by Crippen LogP contribution is 2.29. The second kappa shape index (κ2) is 20.5. The Morgan fingerprint density at radius 2 is 1.36 bits per heavy atom. The average molecular weight is 748 g/mol. The Kier molecular flexibility index (Phi) is 17.5. The zero-order valence-electron chi connectivity index (χ0n) is 33.9. The van der Waals surface area contributed by atoms with Gasteiger partial charge in [-0.05, 0) is 102 Å². The Morgan fingerprint density at radius 3 is 1.94 bits per heavy atom. The van der Waals surface area contributed by atoms with Crippen LogP contribution in [0.15, 0.2) is 36.4 Å². The van der Waals surface area contributed by atoms with Crippen LogP contribution in [0.1, 0.15) is 125 Å². The third kappa shape index (κ3) is 15.1. The SMILES string of the molecule is CC.CC(C)c1ccc(F)cc1NC(=O)C1CCCN1C(=O)OC(C)(C)C.CC(C)c1ccc(F)cc1OCCOC1CCN(C(=O)OC(C)(C)C)C1. The molecule has 2 aromatic carbocycles. The quantitative estimate of drug-likeness (QED) is 0.255. The van der Waals surface area contributed by atoms with E-state index in [1.165, 1.54) is 29.2 Å². The standard InChI is InChI=1S/C20H30FNO4.C19H27FN2O3.C2H6/c1-14(2)17-7-6-15(21)12-18(17)25-11-10-24-16-8-9-22(13-16)19(23)26-20(3,4)5;1-12(2)14-9-8-13(20)11-15(14)21-17(23)16-7-6-10-22(16)18(24)25-19(3,4)5;1-2/h6-7,12,14,16H,8-11,13H2,1-5H3;8-9,11-12,16H,6-7,10H2,1-5H3,(H,21,23);1-2H3. The lowest BCUT2D eigenvalue weighted by atomic mass is 10.0. The lowest BCUT2D eigenvalue weighted by Crippen LogP contribution is -2.45. The van der Waals surface area contributed by atoms with E-state index >= 15 is 0 Å². The smallest absolute Gasteiger partial charge is 0.410 e. The summed E-state index contributed by atoms with van der Waals surface area (Å²) in [5.74, 6) is -0.0735. The van der Waals surface area contributed by atoms with Gasteiger partial charge in [0.25, 0.3) is 0 Å². The third-order valence-corrected chi connectivity index (χ3v) is 8.17. The van der Waals surface area contributed by atoms with Crippen molar-refractivity contribution in [2.75, 3.05) is 38.2 Å². The number of hydrogen-bond acceptors (Lipinski definition) is 7. The van der Waals surface area contributed by atoms with E-state index in [1.807, 2.05) is 62.3 Å². The minimum absolute atomic E-state index is 0.0248. The molecule has 298 valence electrons. The molecule has 0 spiro atoms. The van der Waals surface area contributed by atoms with E-state index in [1.54, 1.807) is 37.8 Å². The molecule has 12 heteroatoms. The fourth-order valence-corrected chi connectivity index (χ4v) is 5.77. The summed E-state index contributed by atoms with van der Waals surface area (Å²) in [5.41, 5.74) is 1.17. The van der Waals surface area contributed by atoms with Crippen molar-refractivity contribution in [1.29, 1.82) is 0 Å². The highest BCUT2D eigenvalue weighted by Gasteiger charge is 2.37. The third-order valence-electron chi connectivity index (χ3n) is 8.17. The van der Waals surface area contributed by atoms with Gasteiger partial charge in [0.05, 0.1) is 19.3 Å². The molecule has 0 aliphatic carbocycles. The summed E-state index contributed by atoms with van der Waals surface area (Å²) >= 11 is 0. The minimum atomic E-state index is -0.617. The van der Waals surface area contributed by atoms with Crippen molar-refractivity contribution in [2.24, 2.45) is 0 Å². The first-order valence-electron chi connectivity index (χ1n) is 18.9. The molecule has 2 saturated heterocycles. The summed E-state index contributed by atoms with van der Waals surface area (Å²) < 4.78 is 49.3. The van der Waals surface area contributed by atoms with Crippen LogP contribution >= 0.6 is 0 Å². The monoisotopic (exact) mass is 747 g/mol. The lowest BCUT2D eigenvalue weighted by molar-refractivity contribution is -0.120. The van der Waals surface area contributed by atoms with E-state index in [-0.39, 0.29) is 35.8 Å². The van der Waals surface area contributed by atoms with Crippen LogP contribution in [0.2, 0.25) is 0 Å². The maximum atomic E-state index is 13.6. The van der Waals surface area contributed by atoms with Gasteiger partial charge >= 0.3 is 12.2 Å². The zero-order valence-corrected chi connectivity index (χ0v) is 33.9. The summed E-state index contributed by atoms with van der Waals surface area (Å²) in [6, 6.07) is 8.39. The van der Waals surface area contributed by atoms with Gasteiger partial charge in [-0.15, -0.1) is 0 Å². The number of halogens is 2. The largest absolute Gasteiger partial charge is 0.491 e. The van der Waals surface area contributed by atoms with E-state index in [9.17, 15) is 23.2 Å². The Labute approximate surface area is 315 Å². The molecule has 1 N–H and O–H groups in total. The van der Waals surface area contributed by atoms with Crippen molar-refractivity contribution in [3.05, 3.63) is 59.2 Å². The average Bonchev–Trinajstić information content (AvgIpc) is 3.74. The molecule has 2 aromatic rings. The molecule has 2 fully saturated rings. The van der Waals surface area contributed by atoms with Gasteiger partial charge in [-0.3, -0.25) is 9.69 Å². The number of amides is 3. The van der Waals surface area contributed by atoms with Gasteiger partial charge in [0.1, 0.15) is 41.2 Å². The molecular formula is C41H63F2N3O7. The predicted octanol–water partition coefficient (Wildman–Crippen LogP) is 9.67. The molecule has 2 unspecified atom stereocenters. The van der Waals surface area contributed by atoms with Crippen molar-refractivity contribution < 1.29 is 42.1 Å². The number of hydrogen-bond donors (Lipinski definition) is 1. The van der Waals surface area contributed by atoms with E-state index in [0.29, 0.717) is 50.7 Å². The maximum Gasteiger partial charge on any atom is 0.410 e. The maximum absolute atomic E-state index is 13.6. The Bertz CT molecular complexity index is 1490. The van der Waals surface area contributed by atoms with Gasteiger partial charge in [-0.2, -0.15) is 0 Å². The molecule has 2 heterocycles. The van der Waals surface area contributed by atoms with Crippen LogP contribution in [0.25, 0.3) is 0 Å². The molecule has 2 aliphatic rings. The number of nitrogens with zero attached hydrogens (tertiary/aromatic N) is 2. The van der Waals surface area contributed by atoms with Crippen LogP contribution in [0.3, 0.4) is 0 Å². The van der Waals surface area contributed by atoms with Crippen LogP contribution in [-0.2, 0) is 19.0 Å². The predicted molar refractivity (Wildman–Crippen MR) is 205 cm³/mol. The van der Waals surface area contributed by atoms with E-state index in [4.69, 9.17) is 18.9 Å². The molecule has 0 aromatic heterocycles. The summed E-state index contributed by atoms with van der Waals surface area (Å²) in [7, 11) is 0. The number of carbonyl (C=O) groups excluding carboxylic acids is 3. The fraction of sp³-hybridized carbons (Fsp3) is 0.634. The zero-order chi connectivity index (χ0) is 40.1. The highest BCUT2D eigenvalue weighted by atomic mass is 19.1. The van der Waals surface area contributed by atoms with Crippen LogP contribution in [0.4, 0.5) is 24.1 Å². The normalized spacial score (nSPS) is 17.1. The lowest BCUT2D eigenvalue weighted by Gasteiger charge is -2.28. The Morgan fingerprint density at radius 1 is 0.792 bits per heavy atom. The minimum Gasteiger partial charge on any atom is -0.491 e. The number of ether oxygens (including phenoxy) is 4. The first kappa shape index (κ1) is 45.2. The van der Waals surface area contributed by atoms with Gasteiger partial charge in [0, 0.05) is 24.8 Å². The second-order valence-corrected chi connectivity index (χ2v) is 15.6. The molecular weight excluding hydrogens is 684 g/mol. The molecule has 0 radical (unpaired) electrons. The number of likely N-dealkylation sites (tertiary alicyclic amines) is 2. The molecule has 10 nitrogen and oxygen atoms in total. The number of benzene rings is 2. The van der Waals surface area contributed by atoms with Gasteiger partial charge in [-0.1, -0.05) is 53.7 Å². The van der Waals surface area contributed by atoms with Gasteiger partial charge in [-0.25, -0.2) is 18.4 Å². The molecule has 2 atom stereocenters. The van der Waals surface area contributed by atoms with Gasteiger partial charge < -0.3 is 29.2 Å². The molecule has 53 heavy (non-hydrogen) atoms. The van der Waals surface area contributed by atoms with Crippen molar-refractivity contribution in [3.63, 3.8) is 0 Å². The fourth-order valence-electron chi connectivity index (χ4n) is 5.77. The van der Waals surface area contributed by atoms with Crippen molar-refractivity contribution >= 4 is 23.8 Å². The molecule has 0 saturated carbocycles. The van der Waals surface area contributed by atoms with Crippen molar-refractivity contribution in [1.82, 2.24) is 9.80 Å². The first-order chi connectivity index (χ1) is 24.7. The summed E-state index contributed by atoms with van der Waals surface area (Å²) in [4.78, 5) is 40.2. The molecule has 2 aliphatic heterocycles. The van der Waals surface area contributed by atoms with Gasteiger partial charge in [0.15, 0.2) is 0 Å². The Balaban J connectivity index is 0.000000351. The van der Waals surface area contributed by atoms with Crippen LogP contribution in [0.5, 0.6) is 5.75 Å². The van der Waals surface area contributed by atoms with E-state index in [0.717, 1.165) is 24.0 Å². The number of carbonyl (C=O) groups is 3. The van der Waals surface area contributed by atoms with Crippen LogP contribution in [-0.4, -0.2) is 84.1 Å². The number of anilines is 1. The molecule has 3 amide bonds. The van der Waals surface area contributed by atoms with E-state index < -0.39 is 29.2 Å². The van der Waals surface area contributed by atoms with Crippen molar-refractivity contribution in [2.45, 2.75) is 138 Å². The van der Waals surface area contributed by atoms with Gasteiger partial charge in [0.2, 0.25) is 5.91 Å². The van der Waals surface area contributed by atoms with E-state index in [2.05, 4.69) is 5.32 Å². The Hall–Kier alpha value is -3.93. The van der Waals surface area contributed by atoms with Crippen LogP contribution in [0, 0.1) is 11.6 Å². The van der Waals surface area contributed by atoms with Crippen LogP contribution < -0.4 is 10.1 Å². The number of rotatable bonds is 9. The summed E-state index contributed by atoms with van der Waals surface area (Å²) in [6.07, 6.45) is 1.25. The summed E-state index contributed by atoms with van der Waals surface area (Å²) in [6.45, 7) is 25.3. The highest BCUT2D eigenvalue weighted by molar-refractivity contribution is 5.97. The molecule has 4 rings (SSSR count). The first-order valence-corrected chi connectivity index (χ1v) is 18.9. The summed E-state index contributed by atoms with van der Waals surface area (Å²) in [5, 5.41) is 2.79. The number of nitrogens with one attached hydrogen (secondary N) is 1. The topological polar surface area (TPSA) is 107 Å². The van der Waals surface area contributed by atoms with Crippen molar-refractivity contribution in [3.8, 4) is 5.75 Å². The second-order valence-electron chi connectivity index (χ2n) is 15.6.